The molecule has 3 rings (SSSR count). The van der Waals surface area contributed by atoms with E-state index in [-0.39, 0.29) is 47.3 Å². The number of Topliss-reactive ketones (excluding diaryl/α,β-unsaturated/α-hetero) is 1. The Kier molecular flexibility index (Phi) is 4.62. The molecular weight excluding hydrogens is 345 g/mol. The van der Waals surface area contributed by atoms with Crippen molar-refractivity contribution in [1.29, 1.82) is 5.41 Å². The van der Waals surface area contributed by atoms with E-state index in [4.69, 9.17) is 11.1 Å². The lowest BCUT2D eigenvalue weighted by molar-refractivity contribution is -0.137. The van der Waals surface area contributed by atoms with E-state index < -0.39 is 17.6 Å². The Bertz CT molecular complexity index is 771. The molecule has 2 atom stereocenters. The molecule has 2 saturated carbocycles. The minimum Gasteiger partial charge on any atom is -0.383 e. The molecule has 2 aliphatic rings. The molecule has 2 aliphatic carbocycles. The fourth-order valence-electron chi connectivity index (χ4n) is 3.84. The maximum Gasteiger partial charge on any atom is 0.419 e. The SMILES string of the molecule is CC(C)N=C(CC(=N)c1cnc(N)c(C(F)(F)F)c1)C1C2CC(=O)CC21. The summed E-state index contributed by atoms with van der Waals surface area (Å²) in [5, 5.41) is 8.25. The molecular formula is C18H21F3N4O. The molecule has 2 unspecified atom stereocenters. The van der Waals surface area contributed by atoms with Crippen molar-refractivity contribution in [3.05, 3.63) is 23.4 Å². The molecule has 0 bridgehead atoms. The number of anilines is 1. The number of pyridine rings is 1. The zero-order valence-corrected chi connectivity index (χ0v) is 14.6. The van der Waals surface area contributed by atoms with Crippen molar-refractivity contribution in [2.24, 2.45) is 22.7 Å². The van der Waals surface area contributed by atoms with E-state index in [1.165, 1.54) is 6.20 Å². The standard InChI is InChI=1S/C18H21F3N4O/c1-8(2)25-15(16-11-4-10(26)5-12(11)16)6-14(22)9-3-13(18(19,20)21)17(23)24-7-9/h3,7-8,11-12,16,22H,4-6H2,1-2H3,(H2,23,24). The quantitative estimate of drug-likeness (QED) is 0.781. The third-order valence-corrected chi connectivity index (χ3v) is 5.00. The summed E-state index contributed by atoms with van der Waals surface area (Å²) in [6, 6.07) is 0.889. The van der Waals surface area contributed by atoms with Crippen molar-refractivity contribution in [3.63, 3.8) is 0 Å². The van der Waals surface area contributed by atoms with Gasteiger partial charge in [0.25, 0.3) is 0 Å². The van der Waals surface area contributed by atoms with Crippen LogP contribution in [0.1, 0.15) is 44.2 Å². The second-order valence-electron chi connectivity index (χ2n) is 7.32. The molecule has 0 amide bonds. The van der Waals surface area contributed by atoms with Crippen LogP contribution in [0.4, 0.5) is 19.0 Å². The van der Waals surface area contributed by atoms with E-state index in [1.54, 1.807) is 0 Å². The molecule has 5 nitrogen and oxygen atoms in total. The first kappa shape index (κ1) is 18.5. The predicted octanol–water partition coefficient (Wildman–Crippen LogP) is 3.52. The molecule has 1 aromatic heterocycles. The molecule has 2 fully saturated rings. The van der Waals surface area contributed by atoms with Crippen LogP contribution in [0.5, 0.6) is 0 Å². The van der Waals surface area contributed by atoms with Gasteiger partial charge in [0.2, 0.25) is 0 Å². The van der Waals surface area contributed by atoms with Crippen LogP contribution in [0.15, 0.2) is 17.3 Å². The zero-order valence-electron chi connectivity index (χ0n) is 14.6. The van der Waals surface area contributed by atoms with Crippen molar-refractivity contribution < 1.29 is 18.0 Å². The fraction of sp³-hybridized carbons (Fsp3) is 0.556. The number of hydrogen-bond donors (Lipinski definition) is 2. The monoisotopic (exact) mass is 366 g/mol. The summed E-state index contributed by atoms with van der Waals surface area (Å²) in [7, 11) is 0. The summed E-state index contributed by atoms with van der Waals surface area (Å²) in [6.07, 6.45) is -2.18. The van der Waals surface area contributed by atoms with E-state index in [2.05, 4.69) is 9.98 Å². The van der Waals surface area contributed by atoms with E-state index in [1.807, 2.05) is 13.8 Å². The number of aromatic nitrogens is 1. The normalized spacial score (nSPS) is 25.5. The number of halogens is 3. The molecule has 140 valence electrons. The number of aliphatic imine (C=N–C) groups is 1. The number of ketones is 1. The molecule has 3 N–H and O–H groups in total. The molecule has 0 aromatic carbocycles. The minimum atomic E-state index is -4.61. The van der Waals surface area contributed by atoms with Gasteiger partial charge in [-0.2, -0.15) is 13.2 Å². The first-order valence-electron chi connectivity index (χ1n) is 8.56. The van der Waals surface area contributed by atoms with Gasteiger partial charge in [-0.3, -0.25) is 9.79 Å². The topological polar surface area (TPSA) is 92.2 Å². The molecule has 0 saturated heterocycles. The zero-order chi connectivity index (χ0) is 19.2. The lowest BCUT2D eigenvalue weighted by Gasteiger charge is -2.14. The third-order valence-electron chi connectivity index (χ3n) is 5.00. The van der Waals surface area contributed by atoms with Crippen molar-refractivity contribution in [1.82, 2.24) is 4.98 Å². The Balaban J connectivity index is 1.80. The second-order valence-corrected chi connectivity index (χ2v) is 7.32. The largest absolute Gasteiger partial charge is 0.419 e. The highest BCUT2D eigenvalue weighted by Crippen LogP contribution is 2.57. The molecule has 0 radical (unpaired) electrons. The number of carbonyl (C=O) groups excluding carboxylic acids is 1. The van der Waals surface area contributed by atoms with E-state index in [0.29, 0.717) is 12.8 Å². The van der Waals surface area contributed by atoms with Crippen molar-refractivity contribution >= 4 is 23.0 Å². The van der Waals surface area contributed by atoms with Crippen LogP contribution in [0.25, 0.3) is 0 Å². The van der Waals surface area contributed by atoms with Crippen molar-refractivity contribution in [2.75, 3.05) is 5.73 Å². The predicted molar refractivity (Wildman–Crippen MR) is 92.4 cm³/mol. The van der Waals surface area contributed by atoms with Crippen LogP contribution in [0.2, 0.25) is 0 Å². The van der Waals surface area contributed by atoms with Crippen LogP contribution in [-0.2, 0) is 11.0 Å². The van der Waals surface area contributed by atoms with E-state index in [0.717, 1.165) is 11.8 Å². The number of nitrogen functional groups attached to an aromatic ring is 1. The summed E-state index contributed by atoms with van der Waals surface area (Å²) in [6.45, 7) is 3.83. The lowest BCUT2D eigenvalue weighted by Crippen LogP contribution is -2.18. The van der Waals surface area contributed by atoms with Gasteiger partial charge in [-0.15, -0.1) is 0 Å². The third kappa shape index (κ3) is 3.64. The number of alkyl halides is 3. The van der Waals surface area contributed by atoms with Crippen molar-refractivity contribution in [3.8, 4) is 0 Å². The Morgan fingerprint density at radius 1 is 1.38 bits per heavy atom. The number of fused-ring (bicyclic) bond motifs is 1. The summed E-state index contributed by atoms with van der Waals surface area (Å²) < 4.78 is 39.0. The highest BCUT2D eigenvalue weighted by atomic mass is 19.4. The average molecular weight is 366 g/mol. The Labute approximate surface area is 149 Å². The van der Waals surface area contributed by atoms with Crippen LogP contribution >= 0.6 is 0 Å². The van der Waals surface area contributed by atoms with Crippen LogP contribution < -0.4 is 5.73 Å². The van der Waals surface area contributed by atoms with Gasteiger partial charge in [-0.1, -0.05) is 0 Å². The van der Waals surface area contributed by atoms with Gasteiger partial charge < -0.3 is 11.1 Å². The number of carbonyl (C=O) groups is 1. The fourth-order valence-corrected chi connectivity index (χ4v) is 3.84. The Morgan fingerprint density at radius 2 is 2.00 bits per heavy atom. The van der Waals surface area contributed by atoms with Gasteiger partial charge in [-0.25, -0.2) is 4.98 Å². The molecule has 0 aliphatic heterocycles. The highest BCUT2D eigenvalue weighted by molar-refractivity contribution is 6.13. The van der Waals surface area contributed by atoms with E-state index in [9.17, 15) is 18.0 Å². The highest BCUT2D eigenvalue weighted by Gasteiger charge is 2.57. The Morgan fingerprint density at radius 3 is 2.54 bits per heavy atom. The van der Waals surface area contributed by atoms with Crippen LogP contribution in [0, 0.1) is 23.2 Å². The first-order valence-corrected chi connectivity index (χ1v) is 8.56. The van der Waals surface area contributed by atoms with Gasteiger partial charge in [0, 0.05) is 54.4 Å². The summed E-state index contributed by atoms with van der Waals surface area (Å²) >= 11 is 0. The van der Waals surface area contributed by atoms with Gasteiger partial charge in [-0.05, 0) is 31.7 Å². The van der Waals surface area contributed by atoms with Crippen LogP contribution in [-0.4, -0.2) is 28.2 Å². The van der Waals surface area contributed by atoms with Gasteiger partial charge >= 0.3 is 6.18 Å². The lowest BCUT2D eigenvalue weighted by atomic mass is 9.98. The number of rotatable bonds is 5. The molecule has 1 heterocycles. The average Bonchev–Trinajstić information content (AvgIpc) is 3.02. The smallest absolute Gasteiger partial charge is 0.383 e. The number of nitrogens with zero attached hydrogens (tertiary/aromatic N) is 2. The maximum absolute atomic E-state index is 13.0. The molecule has 26 heavy (non-hydrogen) atoms. The number of nitrogens with two attached hydrogens (primary N) is 1. The number of hydrogen-bond acceptors (Lipinski definition) is 5. The molecule has 0 spiro atoms. The van der Waals surface area contributed by atoms with Gasteiger partial charge in [0.05, 0.1) is 5.56 Å². The Hall–Kier alpha value is -2.25. The second kappa shape index (κ2) is 6.48. The minimum absolute atomic E-state index is 0.0186. The van der Waals surface area contributed by atoms with E-state index >= 15 is 0 Å². The van der Waals surface area contributed by atoms with Crippen LogP contribution in [0.3, 0.4) is 0 Å². The summed E-state index contributed by atoms with van der Waals surface area (Å²) in [4.78, 5) is 19.7. The molecule has 1 aromatic rings. The van der Waals surface area contributed by atoms with Gasteiger partial charge in [0.15, 0.2) is 0 Å². The van der Waals surface area contributed by atoms with Crippen molar-refractivity contribution in [2.45, 2.75) is 45.3 Å². The van der Waals surface area contributed by atoms with Gasteiger partial charge in [0.1, 0.15) is 11.6 Å². The first-order chi connectivity index (χ1) is 12.1. The summed E-state index contributed by atoms with van der Waals surface area (Å²) in [5.74, 6) is 0.388. The summed E-state index contributed by atoms with van der Waals surface area (Å²) in [5.41, 5.74) is 5.21. The maximum atomic E-state index is 13.0. The molecule has 8 heteroatoms. The number of nitrogens with one attached hydrogen (secondary N) is 1.